The second-order valence-electron chi connectivity index (χ2n) is 7.18. The molecule has 0 bridgehead atoms. The van der Waals surface area contributed by atoms with Crippen molar-refractivity contribution in [3.05, 3.63) is 94.0 Å². The zero-order valence-electron chi connectivity index (χ0n) is 17.9. The fourth-order valence-corrected chi connectivity index (χ4v) is 5.32. The summed E-state index contributed by atoms with van der Waals surface area (Å²) in [6.07, 6.45) is 1.17. The second kappa shape index (κ2) is 9.17. The lowest BCUT2D eigenvalue weighted by Gasteiger charge is -2.31. The van der Waals surface area contributed by atoms with Gasteiger partial charge in [0.1, 0.15) is 11.5 Å². The van der Waals surface area contributed by atoms with Gasteiger partial charge in [-0.25, -0.2) is 8.42 Å². The maximum atomic E-state index is 13.6. The zero-order valence-corrected chi connectivity index (χ0v) is 19.5. The lowest BCUT2D eigenvalue weighted by molar-refractivity contribution is 0.104. The van der Waals surface area contributed by atoms with Crippen molar-refractivity contribution < 1.29 is 22.7 Å². The van der Waals surface area contributed by atoms with Gasteiger partial charge in [-0.3, -0.25) is 9.10 Å². The molecule has 33 heavy (non-hydrogen) atoms. The van der Waals surface area contributed by atoms with Crippen LogP contribution in [0.3, 0.4) is 0 Å². The van der Waals surface area contributed by atoms with Crippen LogP contribution in [0.25, 0.3) is 0 Å². The molecule has 0 unspecified atom stereocenters. The molecule has 0 aromatic heterocycles. The number of Topliss-reactive ketones (excluding diaryl/α,β-unsaturated/α-hetero) is 1. The van der Waals surface area contributed by atoms with Crippen molar-refractivity contribution >= 4 is 38.8 Å². The fraction of sp³-hybridized carbons (Fsp3) is 0.125. The molecular weight excluding hydrogens is 464 g/mol. The van der Waals surface area contributed by atoms with Crippen molar-refractivity contribution in [2.24, 2.45) is 0 Å². The highest BCUT2D eigenvalue weighted by atomic mass is 35.5. The quantitative estimate of drug-likeness (QED) is 0.504. The molecule has 0 saturated carbocycles. The van der Waals surface area contributed by atoms with Crippen molar-refractivity contribution in [3.63, 3.8) is 0 Å². The van der Waals surface area contributed by atoms with E-state index in [-0.39, 0.29) is 11.4 Å². The minimum Gasteiger partial charge on any atom is -0.495 e. The molecule has 3 aromatic rings. The van der Waals surface area contributed by atoms with Crippen LogP contribution in [0.1, 0.15) is 15.9 Å². The number of hydrogen-bond donors (Lipinski definition) is 1. The lowest BCUT2D eigenvalue weighted by Crippen LogP contribution is -2.39. The Kier molecular flexibility index (Phi) is 6.31. The molecule has 1 heterocycles. The number of carbonyl (C=O) groups is 1. The molecule has 3 aromatic carbocycles. The van der Waals surface area contributed by atoms with Crippen LogP contribution in [-0.2, 0) is 16.6 Å². The first-order valence-corrected chi connectivity index (χ1v) is 11.8. The summed E-state index contributed by atoms with van der Waals surface area (Å²) in [7, 11) is -1.22. The Morgan fingerprint density at radius 3 is 2.33 bits per heavy atom. The largest absolute Gasteiger partial charge is 0.495 e. The molecule has 0 atom stereocenters. The van der Waals surface area contributed by atoms with Gasteiger partial charge < -0.3 is 14.8 Å². The number of nitrogens with zero attached hydrogens (tertiary/aromatic N) is 1. The second-order valence-corrected chi connectivity index (χ2v) is 9.42. The van der Waals surface area contributed by atoms with Gasteiger partial charge in [0, 0.05) is 17.8 Å². The van der Waals surface area contributed by atoms with E-state index in [1.165, 1.54) is 30.8 Å². The van der Waals surface area contributed by atoms with E-state index in [1.807, 2.05) is 30.3 Å². The number of carbonyl (C=O) groups excluding carboxylic acids is 1. The average Bonchev–Trinajstić information content (AvgIpc) is 2.82. The zero-order chi connectivity index (χ0) is 23.6. The van der Waals surface area contributed by atoms with E-state index in [2.05, 4.69) is 5.32 Å². The molecule has 4 rings (SSSR count). The minimum absolute atomic E-state index is 0.0858. The molecule has 0 spiro atoms. The molecule has 0 aliphatic carbocycles. The Morgan fingerprint density at radius 1 is 0.970 bits per heavy atom. The number of sulfonamides is 1. The van der Waals surface area contributed by atoms with E-state index in [1.54, 1.807) is 30.3 Å². The van der Waals surface area contributed by atoms with Crippen LogP contribution in [0.5, 0.6) is 11.5 Å². The summed E-state index contributed by atoms with van der Waals surface area (Å²) >= 11 is 6.21. The predicted octanol–water partition coefficient (Wildman–Crippen LogP) is 4.84. The predicted molar refractivity (Wildman–Crippen MR) is 129 cm³/mol. The number of hydrogen-bond acceptors (Lipinski definition) is 6. The molecule has 1 aliphatic rings. The standard InChI is InChI=1S/C24H21ClN2O5S/c1-31-21-13-22(32-2)19(12-18(21)25)26-14-23-24(28)17-10-6-7-11-20(17)27(33(23,29)30)15-16-8-4-3-5-9-16/h3-14,26H,15H2,1-2H3. The Hall–Kier alpha value is -3.49. The van der Waals surface area contributed by atoms with Crippen LogP contribution in [0, 0.1) is 0 Å². The molecule has 0 fully saturated rings. The number of para-hydroxylation sites is 1. The summed E-state index contributed by atoms with van der Waals surface area (Å²) in [5.74, 6) is 0.173. The minimum atomic E-state index is -4.15. The highest BCUT2D eigenvalue weighted by Crippen LogP contribution is 2.38. The Morgan fingerprint density at radius 2 is 1.64 bits per heavy atom. The van der Waals surface area contributed by atoms with Gasteiger partial charge in [-0.15, -0.1) is 0 Å². The fourth-order valence-electron chi connectivity index (χ4n) is 3.56. The number of anilines is 2. The van der Waals surface area contributed by atoms with Crippen molar-refractivity contribution in [3.8, 4) is 11.5 Å². The van der Waals surface area contributed by atoms with Gasteiger partial charge in [-0.05, 0) is 23.8 Å². The van der Waals surface area contributed by atoms with Crippen LogP contribution in [-0.4, -0.2) is 28.4 Å². The van der Waals surface area contributed by atoms with E-state index in [4.69, 9.17) is 21.1 Å². The third kappa shape index (κ3) is 4.27. The van der Waals surface area contributed by atoms with Crippen molar-refractivity contribution in [1.82, 2.24) is 0 Å². The highest BCUT2D eigenvalue weighted by molar-refractivity contribution is 7.97. The van der Waals surface area contributed by atoms with Crippen LogP contribution in [0.4, 0.5) is 11.4 Å². The van der Waals surface area contributed by atoms with Gasteiger partial charge in [-0.1, -0.05) is 54.1 Å². The molecule has 1 N–H and O–H groups in total. The smallest absolute Gasteiger partial charge is 0.270 e. The number of ketones is 1. The Balaban J connectivity index is 1.78. The number of rotatable bonds is 6. The first-order valence-electron chi connectivity index (χ1n) is 9.95. The van der Waals surface area contributed by atoms with Gasteiger partial charge in [0.05, 0.1) is 37.2 Å². The monoisotopic (exact) mass is 484 g/mol. The number of fused-ring (bicyclic) bond motifs is 1. The van der Waals surface area contributed by atoms with Crippen molar-refractivity contribution in [1.29, 1.82) is 0 Å². The Bertz CT molecular complexity index is 1340. The van der Waals surface area contributed by atoms with Gasteiger partial charge in [0.15, 0.2) is 4.91 Å². The van der Waals surface area contributed by atoms with Crippen LogP contribution in [0.2, 0.25) is 5.02 Å². The molecule has 0 saturated heterocycles. The number of nitrogens with one attached hydrogen (secondary N) is 1. The van der Waals surface area contributed by atoms with Gasteiger partial charge in [-0.2, -0.15) is 0 Å². The normalized spacial score (nSPS) is 15.8. The van der Waals surface area contributed by atoms with Crippen LogP contribution >= 0.6 is 11.6 Å². The van der Waals surface area contributed by atoms with Gasteiger partial charge >= 0.3 is 0 Å². The lowest BCUT2D eigenvalue weighted by atomic mass is 10.1. The number of benzene rings is 3. The number of ether oxygens (including phenoxy) is 2. The summed E-state index contributed by atoms with van der Waals surface area (Å²) in [6.45, 7) is 0.0858. The molecule has 9 heteroatoms. The van der Waals surface area contributed by atoms with E-state index in [9.17, 15) is 13.2 Å². The van der Waals surface area contributed by atoms with E-state index in [0.29, 0.717) is 33.5 Å². The maximum Gasteiger partial charge on any atom is 0.270 e. The topological polar surface area (TPSA) is 84.9 Å². The van der Waals surface area contributed by atoms with Gasteiger partial charge in [0.25, 0.3) is 10.0 Å². The Labute approximate surface area is 197 Å². The third-order valence-electron chi connectivity index (χ3n) is 5.21. The summed E-state index contributed by atoms with van der Waals surface area (Å²) in [5, 5.41) is 3.17. The van der Waals surface area contributed by atoms with Gasteiger partial charge in [0.2, 0.25) is 5.78 Å². The number of methoxy groups -OCH3 is 2. The maximum absolute atomic E-state index is 13.6. The first-order chi connectivity index (χ1) is 15.9. The summed E-state index contributed by atoms with van der Waals surface area (Å²) < 4.78 is 38.9. The molecule has 0 amide bonds. The molecule has 170 valence electrons. The highest BCUT2D eigenvalue weighted by Gasteiger charge is 2.40. The van der Waals surface area contributed by atoms with Crippen molar-refractivity contribution in [2.75, 3.05) is 23.8 Å². The summed E-state index contributed by atoms with van der Waals surface area (Å²) in [5.41, 5.74) is 1.82. The molecule has 7 nitrogen and oxygen atoms in total. The van der Waals surface area contributed by atoms with E-state index < -0.39 is 15.8 Å². The van der Waals surface area contributed by atoms with E-state index >= 15 is 0 Å². The number of halogens is 1. The summed E-state index contributed by atoms with van der Waals surface area (Å²) in [6, 6.07) is 18.9. The number of allylic oxidation sites excluding steroid dienone is 1. The SMILES string of the molecule is COc1cc(OC)c(NC=C2C(=O)c3ccccc3N(Cc3ccccc3)S2(=O)=O)cc1Cl. The average molecular weight is 485 g/mol. The molecule has 1 aliphatic heterocycles. The van der Waals surface area contributed by atoms with E-state index in [0.717, 1.165) is 5.56 Å². The van der Waals surface area contributed by atoms with Crippen LogP contribution in [0.15, 0.2) is 77.8 Å². The molecular formula is C24H21ClN2O5S. The summed E-state index contributed by atoms with van der Waals surface area (Å²) in [4.78, 5) is 12.8. The third-order valence-corrected chi connectivity index (χ3v) is 7.27. The molecule has 0 radical (unpaired) electrons. The first kappa shape index (κ1) is 22.7. The van der Waals surface area contributed by atoms with Crippen LogP contribution < -0.4 is 19.1 Å². The van der Waals surface area contributed by atoms with Crippen molar-refractivity contribution in [2.45, 2.75) is 6.54 Å².